The van der Waals surface area contributed by atoms with Gasteiger partial charge in [0.05, 0.1) is 5.57 Å². The van der Waals surface area contributed by atoms with Crippen molar-refractivity contribution in [2.75, 3.05) is 0 Å². The lowest BCUT2D eigenvalue weighted by molar-refractivity contribution is -0.124. The van der Waals surface area contributed by atoms with E-state index in [1.807, 2.05) is 12.1 Å². The number of Topliss-reactive ketones (excluding diaryl/α,β-unsaturated/α-hetero) is 2. The molecule has 0 aliphatic heterocycles. The summed E-state index contributed by atoms with van der Waals surface area (Å²) in [5, 5.41) is 9.94. The average molecular weight is 257 g/mol. The third-order valence-electron chi connectivity index (χ3n) is 3.82. The van der Waals surface area contributed by atoms with Crippen molar-refractivity contribution in [1.82, 2.24) is 4.98 Å². The molecule has 0 amide bonds. The van der Waals surface area contributed by atoms with Gasteiger partial charge in [0, 0.05) is 31.2 Å². The van der Waals surface area contributed by atoms with Crippen molar-refractivity contribution in [3.05, 3.63) is 41.4 Å². The molecule has 1 aromatic rings. The average Bonchev–Trinajstić information content (AvgIpc) is 3.23. The Balaban J connectivity index is 1.85. The number of aliphatic hydroxyl groups is 1. The van der Waals surface area contributed by atoms with E-state index >= 15 is 0 Å². The van der Waals surface area contributed by atoms with Gasteiger partial charge in [0.2, 0.25) is 0 Å². The number of pyridine rings is 1. The molecular weight excluding hydrogens is 242 g/mol. The zero-order valence-corrected chi connectivity index (χ0v) is 10.5. The Morgan fingerprint density at radius 3 is 2.21 bits per heavy atom. The Hall–Kier alpha value is -1.97. The largest absolute Gasteiger partial charge is 0.511 e. The van der Waals surface area contributed by atoms with Gasteiger partial charge in [0.15, 0.2) is 11.6 Å². The van der Waals surface area contributed by atoms with Crippen LogP contribution in [0.2, 0.25) is 0 Å². The molecule has 4 heteroatoms. The second-order valence-corrected chi connectivity index (χ2v) is 5.27. The van der Waals surface area contributed by atoms with Gasteiger partial charge in [0.1, 0.15) is 5.76 Å². The highest BCUT2D eigenvalue weighted by molar-refractivity contribution is 6.22. The summed E-state index contributed by atoms with van der Waals surface area (Å²) in [6.45, 7) is 0. The van der Waals surface area contributed by atoms with Crippen LogP contribution in [0.15, 0.2) is 35.9 Å². The zero-order valence-electron chi connectivity index (χ0n) is 10.5. The van der Waals surface area contributed by atoms with Crippen LogP contribution in [0.3, 0.4) is 0 Å². The molecule has 0 bridgehead atoms. The van der Waals surface area contributed by atoms with Gasteiger partial charge in [0.25, 0.3) is 0 Å². The number of aliphatic hydroxyl groups excluding tert-OH is 1. The van der Waals surface area contributed by atoms with Crippen molar-refractivity contribution < 1.29 is 14.7 Å². The fourth-order valence-corrected chi connectivity index (χ4v) is 2.60. The predicted octanol–water partition coefficient (Wildman–Crippen LogP) is 2.32. The lowest BCUT2D eigenvalue weighted by Gasteiger charge is -2.22. The maximum Gasteiger partial charge on any atom is 0.170 e. The molecule has 0 saturated heterocycles. The van der Waals surface area contributed by atoms with Crippen LogP contribution in [0.1, 0.15) is 37.2 Å². The Morgan fingerprint density at radius 1 is 1.11 bits per heavy atom. The maximum atomic E-state index is 12.1. The maximum absolute atomic E-state index is 12.1. The van der Waals surface area contributed by atoms with E-state index in [0.717, 1.165) is 18.4 Å². The monoisotopic (exact) mass is 257 g/mol. The first-order chi connectivity index (χ1) is 9.16. The van der Waals surface area contributed by atoms with E-state index in [-0.39, 0.29) is 34.7 Å². The topological polar surface area (TPSA) is 67.3 Å². The van der Waals surface area contributed by atoms with Crippen molar-refractivity contribution in [2.45, 2.75) is 31.6 Å². The molecule has 0 spiro atoms. The fourth-order valence-electron chi connectivity index (χ4n) is 2.60. The number of hydrogen-bond donors (Lipinski definition) is 1. The summed E-state index contributed by atoms with van der Waals surface area (Å²) in [5.74, 6) is -0.452. The first-order valence-corrected chi connectivity index (χ1v) is 6.56. The summed E-state index contributed by atoms with van der Waals surface area (Å²) in [6.07, 6.45) is 5.67. The molecule has 1 aromatic heterocycles. The molecule has 0 atom stereocenters. The van der Waals surface area contributed by atoms with Gasteiger partial charge in [-0.15, -0.1) is 0 Å². The van der Waals surface area contributed by atoms with E-state index in [4.69, 9.17) is 0 Å². The molecule has 2 fully saturated rings. The molecule has 0 radical (unpaired) electrons. The van der Waals surface area contributed by atoms with Crippen molar-refractivity contribution in [1.29, 1.82) is 0 Å². The lowest BCUT2D eigenvalue weighted by atomic mass is 9.79. The molecule has 19 heavy (non-hydrogen) atoms. The van der Waals surface area contributed by atoms with Crippen LogP contribution >= 0.6 is 0 Å². The van der Waals surface area contributed by atoms with Crippen LogP contribution in [0.25, 0.3) is 0 Å². The molecule has 98 valence electrons. The standard InChI is InChI=1S/C15H15NO3/c17-12-7-11(9-3-5-16-6-4-9)8-13(18)14(12)15(19)10-1-2-10/h3-6,10-11,19H,1-2,7-8H2. The summed E-state index contributed by atoms with van der Waals surface area (Å²) < 4.78 is 0. The summed E-state index contributed by atoms with van der Waals surface area (Å²) in [5.41, 5.74) is 1.02. The van der Waals surface area contributed by atoms with E-state index in [9.17, 15) is 14.7 Å². The van der Waals surface area contributed by atoms with Crippen molar-refractivity contribution in [2.24, 2.45) is 5.92 Å². The van der Waals surface area contributed by atoms with Crippen molar-refractivity contribution in [3.63, 3.8) is 0 Å². The summed E-state index contributed by atoms with van der Waals surface area (Å²) >= 11 is 0. The third-order valence-corrected chi connectivity index (χ3v) is 3.82. The Kier molecular flexibility index (Phi) is 2.93. The number of nitrogens with zero attached hydrogens (tertiary/aromatic N) is 1. The fraction of sp³-hybridized carbons (Fsp3) is 0.400. The summed E-state index contributed by atoms with van der Waals surface area (Å²) in [6, 6.07) is 3.67. The summed E-state index contributed by atoms with van der Waals surface area (Å²) in [4.78, 5) is 28.1. The van der Waals surface area contributed by atoms with Gasteiger partial charge in [-0.05, 0) is 36.5 Å². The van der Waals surface area contributed by atoms with Crippen molar-refractivity contribution in [3.8, 4) is 0 Å². The molecule has 1 N–H and O–H groups in total. The second-order valence-electron chi connectivity index (χ2n) is 5.27. The predicted molar refractivity (Wildman–Crippen MR) is 68.6 cm³/mol. The number of carbonyl (C=O) groups excluding carboxylic acids is 2. The molecular formula is C15H15NO3. The number of aromatic nitrogens is 1. The van der Waals surface area contributed by atoms with E-state index in [0.29, 0.717) is 12.8 Å². The molecule has 2 aliphatic carbocycles. The van der Waals surface area contributed by atoms with Gasteiger partial charge in [-0.2, -0.15) is 0 Å². The van der Waals surface area contributed by atoms with Crippen LogP contribution < -0.4 is 0 Å². The minimum Gasteiger partial charge on any atom is -0.511 e. The quantitative estimate of drug-likeness (QED) is 0.501. The lowest BCUT2D eigenvalue weighted by Crippen LogP contribution is -2.26. The number of carbonyl (C=O) groups is 2. The molecule has 1 heterocycles. The molecule has 3 rings (SSSR count). The minimum atomic E-state index is -0.220. The van der Waals surface area contributed by atoms with E-state index in [1.165, 1.54) is 0 Å². The Morgan fingerprint density at radius 2 is 1.68 bits per heavy atom. The van der Waals surface area contributed by atoms with E-state index < -0.39 is 0 Å². The van der Waals surface area contributed by atoms with Gasteiger partial charge in [-0.1, -0.05) is 0 Å². The Bertz CT molecular complexity index is 538. The van der Waals surface area contributed by atoms with Crippen LogP contribution in [0.4, 0.5) is 0 Å². The number of ketones is 2. The highest BCUT2D eigenvalue weighted by atomic mass is 16.3. The molecule has 0 unspecified atom stereocenters. The zero-order chi connectivity index (χ0) is 13.4. The second kappa shape index (κ2) is 4.61. The summed E-state index contributed by atoms with van der Waals surface area (Å²) in [7, 11) is 0. The van der Waals surface area contributed by atoms with Gasteiger partial charge >= 0.3 is 0 Å². The third kappa shape index (κ3) is 2.30. The van der Waals surface area contributed by atoms with Crippen LogP contribution in [0.5, 0.6) is 0 Å². The van der Waals surface area contributed by atoms with Gasteiger partial charge in [-0.3, -0.25) is 14.6 Å². The first-order valence-electron chi connectivity index (χ1n) is 6.56. The van der Waals surface area contributed by atoms with Crippen molar-refractivity contribution >= 4 is 11.6 Å². The van der Waals surface area contributed by atoms with Gasteiger partial charge in [-0.25, -0.2) is 0 Å². The number of rotatable bonds is 2. The SMILES string of the molecule is O=C1CC(c2ccncc2)CC(=O)C1=C(O)C1CC1. The first kappa shape index (κ1) is 12.1. The highest BCUT2D eigenvalue weighted by Crippen LogP contribution is 2.40. The number of allylic oxidation sites excluding steroid dienone is 2. The number of hydrogen-bond acceptors (Lipinski definition) is 4. The van der Waals surface area contributed by atoms with E-state index in [1.54, 1.807) is 12.4 Å². The highest BCUT2D eigenvalue weighted by Gasteiger charge is 2.38. The molecule has 4 nitrogen and oxygen atoms in total. The molecule has 2 aliphatic rings. The molecule has 2 saturated carbocycles. The van der Waals surface area contributed by atoms with E-state index in [2.05, 4.69) is 4.98 Å². The van der Waals surface area contributed by atoms with Crippen LogP contribution in [-0.4, -0.2) is 21.7 Å². The minimum absolute atomic E-state index is 0.0307. The Labute approximate surface area is 111 Å². The van der Waals surface area contributed by atoms with Crippen LogP contribution in [0, 0.1) is 5.92 Å². The molecule has 0 aromatic carbocycles. The van der Waals surface area contributed by atoms with Crippen LogP contribution in [-0.2, 0) is 9.59 Å². The normalized spacial score (nSPS) is 23.6. The van der Waals surface area contributed by atoms with Gasteiger partial charge < -0.3 is 5.11 Å². The smallest absolute Gasteiger partial charge is 0.170 e.